The van der Waals surface area contributed by atoms with Gasteiger partial charge < -0.3 is 10.1 Å². The Hall–Kier alpha value is -2.43. The first-order valence-electron chi connectivity index (χ1n) is 5.21. The standard InChI is InChI=1S/C13H10FNO3/c1-7-4-8(2-3-10(7)14)12(16)9-5-11(13(17)18)15-6-9/h2-6,15H,1H3,(H,17,18). The Morgan fingerprint density at radius 1 is 1.22 bits per heavy atom. The van der Waals surface area contributed by atoms with Gasteiger partial charge in [0.2, 0.25) is 0 Å². The third kappa shape index (κ3) is 2.15. The predicted molar refractivity (Wildman–Crippen MR) is 62.3 cm³/mol. The minimum atomic E-state index is -1.13. The van der Waals surface area contributed by atoms with E-state index >= 15 is 0 Å². The molecule has 0 unspecified atom stereocenters. The summed E-state index contributed by atoms with van der Waals surface area (Å²) in [4.78, 5) is 25.2. The number of H-pyrrole nitrogens is 1. The molecule has 92 valence electrons. The van der Waals surface area contributed by atoms with Gasteiger partial charge in [-0.15, -0.1) is 0 Å². The van der Waals surface area contributed by atoms with E-state index in [-0.39, 0.29) is 22.9 Å². The summed E-state index contributed by atoms with van der Waals surface area (Å²) < 4.78 is 13.1. The SMILES string of the molecule is Cc1cc(C(=O)c2c[nH]c(C(=O)O)c2)ccc1F. The second-order valence-electron chi connectivity index (χ2n) is 3.90. The molecule has 4 nitrogen and oxygen atoms in total. The number of ketones is 1. The van der Waals surface area contributed by atoms with E-state index in [1.807, 2.05) is 0 Å². The molecular formula is C13H10FNO3. The Balaban J connectivity index is 2.35. The van der Waals surface area contributed by atoms with Gasteiger partial charge in [-0.3, -0.25) is 4.79 Å². The Kier molecular flexibility index (Phi) is 2.97. The summed E-state index contributed by atoms with van der Waals surface area (Å²) in [6.07, 6.45) is 1.32. The van der Waals surface area contributed by atoms with Crippen LogP contribution in [0.2, 0.25) is 0 Å². The molecule has 0 radical (unpaired) electrons. The fourth-order valence-electron chi connectivity index (χ4n) is 1.60. The van der Waals surface area contributed by atoms with Gasteiger partial charge in [0.25, 0.3) is 0 Å². The average molecular weight is 247 g/mol. The molecule has 0 spiro atoms. The summed E-state index contributed by atoms with van der Waals surface area (Å²) in [6, 6.07) is 5.28. The van der Waals surface area contributed by atoms with E-state index in [9.17, 15) is 14.0 Å². The van der Waals surface area contributed by atoms with E-state index in [1.165, 1.54) is 30.5 Å². The third-order valence-corrected chi connectivity index (χ3v) is 2.60. The lowest BCUT2D eigenvalue weighted by Crippen LogP contribution is -2.01. The Labute approximate surface area is 102 Å². The zero-order valence-corrected chi connectivity index (χ0v) is 9.53. The fraction of sp³-hybridized carbons (Fsp3) is 0.0769. The van der Waals surface area contributed by atoms with Crippen molar-refractivity contribution >= 4 is 11.8 Å². The van der Waals surface area contributed by atoms with Gasteiger partial charge in [0.15, 0.2) is 5.78 Å². The van der Waals surface area contributed by atoms with Gasteiger partial charge in [-0.2, -0.15) is 0 Å². The van der Waals surface area contributed by atoms with Crippen molar-refractivity contribution in [3.63, 3.8) is 0 Å². The molecule has 18 heavy (non-hydrogen) atoms. The van der Waals surface area contributed by atoms with Crippen molar-refractivity contribution in [1.82, 2.24) is 4.98 Å². The van der Waals surface area contributed by atoms with E-state index in [0.717, 1.165) is 0 Å². The molecule has 2 aromatic rings. The van der Waals surface area contributed by atoms with Crippen molar-refractivity contribution in [1.29, 1.82) is 0 Å². The number of carbonyl (C=O) groups excluding carboxylic acids is 1. The van der Waals surface area contributed by atoms with Crippen LogP contribution in [0.5, 0.6) is 0 Å². The third-order valence-electron chi connectivity index (χ3n) is 2.60. The lowest BCUT2D eigenvalue weighted by atomic mass is 10.0. The van der Waals surface area contributed by atoms with Crippen molar-refractivity contribution in [2.75, 3.05) is 0 Å². The van der Waals surface area contributed by atoms with Gasteiger partial charge in [-0.1, -0.05) is 0 Å². The molecule has 1 heterocycles. The van der Waals surface area contributed by atoms with Crippen LogP contribution in [-0.4, -0.2) is 21.8 Å². The molecule has 2 rings (SSSR count). The second kappa shape index (κ2) is 4.44. The number of rotatable bonds is 3. The van der Waals surface area contributed by atoms with Crippen LogP contribution in [0.1, 0.15) is 32.0 Å². The molecule has 2 N–H and O–H groups in total. The number of hydrogen-bond acceptors (Lipinski definition) is 2. The topological polar surface area (TPSA) is 70.2 Å². The second-order valence-corrected chi connectivity index (χ2v) is 3.90. The minimum absolute atomic E-state index is 0.0582. The number of aromatic amines is 1. The number of nitrogens with one attached hydrogen (secondary N) is 1. The highest BCUT2D eigenvalue weighted by atomic mass is 19.1. The zero-order valence-electron chi connectivity index (χ0n) is 9.53. The molecule has 0 bridgehead atoms. The number of halogens is 1. The molecule has 0 saturated heterocycles. The molecular weight excluding hydrogens is 237 g/mol. The monoisotopic (exact) mass is 247 g/mol. The molecule has 5 heteroatoms. The maximum atomic E-state index is 13.1. The smallest absolute Gasteiger partial charge is 0.352 e. The van der Waals surface area contributed by atoms with E-state index in [1.54, 1.807) is 6.92 Å². The number of benzene rings is 1. The Morgan fingerprint density at radius 3 is 2.50 bits per heavy atom. The van der Waals surface area contributed by atoms with Crippen LogP contribution in [0.4, 0.5) is 4.39 Å². The van der Waals surface area contributed by atoms with Crippen molar-refractivity contribution in [2.45, 2.75) is 6.92 Å². The summed E-state index contributed by atoms with van der Waals surface area (Å²) in [5, 5.41) is 8.74. The molecule has 0 amide bonds. The summed E-state index contributed by atoms with van der Waals surface area (Å²) in [6.45, 7) is 1.56. The van der Waals surface area contributed by atoms with Crippen LogP contribution >= 0.6 is 0 Å². The highest BCUT2D eigenvalue weighted by Crippen LogP contribution is 2.14. The van der Waals surface area contributed by atoms with Crippen molar-refractivity contribution in [3.05, 3.63) is 58.7 Å². The van der Waals surface area contributed by atoms with E-state index in [0.29, 0.717) is 11.1 Å². The summed E-state index contributed by atoms with van der Waals surface area (Å²) in [7, 11) is 0. The number of hydrogen-bond donors (Lipinski definition) is 2. The van der Waals surface area contributed by atoms with Crippen LogP contribution in [0.3, 0.4) is 0 Å². The molecule has 0 saturated carbocycles. The molecule has 0 aliphatic heterocycles. The average Bonchev–Trinajstić information content (AvgIpc) is 2.81. The van der Waals surface area contributed by atoms with Crippen molar-refractivity contribution in [2.24, 2.45) is 0 Å². The number of carbonyl (C=O) groups is 2. The summed E-state index contributed by atoms with van der Waals surface area (Å²) in [5.41, 5.74) is 0.871. The van der Waals surface area contributed by atoms with E-state index in [4.69, 9.17) is 5.11 Å². The summed E-state index contributed by atoms with van der Waals surface area (Å²) >= 11 is 0. The number of aromatic nitrogens is 1. The molecule has 0 atom stereocenters. The van der Waals surface area contributed by atoms with Crippen LogP contribution in [0.25, 0.3) is 0 Å². The van der Waals surface area contributed by atoms with Crippen LogP contribution in [-0.2, 0) is 0 Å². The van der Waals surface area contributed by atoms with Gasteiger partial charge in [0.1, 0.15) is 11.5 Å². The van der Waals surface area contributed by atoms with Crippen molar-refractivity contribution in [3.8, 4) is 0 Å². The molecule has 1 aromatic carbocycles. The van der Waals surface area contributed by atoms with Gasteiger partial charge in [-0.05, 0) is 36.8 Å². The quantitative estimate of drug-likeness (QED) is 0.818. The Bertz CT molecular complexity index is 631. The fourth-order valence-corrected chi connectivity index (χ4v) is 1.60. The van der Waals surface area contributed by atoms with E-state index < -0.39 is 5.97 Å². The van der Waals surface area contributed by atoms with Gasteiger partial charge >= 0.3 is 5.97 Å². The largest absolute Gasteiger partial charge is 0.477 e. The predicted octanol–water partition coefficient (Wildman–Crippen LogP) is 2.39. The van der Waals surface area contributed by atoms with Crippen LogP contribution in [0, 0.1) is 12.7 Å². The molecule has 0 fully saturated rings. The normalized spacial score (nSPS) is 10.3. The van der Waals surface area contributed by atoms with E-state index in [2.05, 4.69) is 4.98 Å². The number of aryl methyl sites for hydroxylation is 1. The first kappa shape index (κ1) is 12.0. The number of carboxylic acid groups (broad SMARTS) is 1. The zero-order chi connectivity index (χ0) is 13.3. The van der Waals surface area contributed by atoms with Gasteiger partial charge in [0, 0.05) is 17.3 Å². The highest BCUT2D eigenvalue weighted by Gasteiger charge is 2.14. The Morgan fingerprint density at radius 2 is 1.94 bits per heavy atom. The van der Waals surface area contributed by atoms with Gasteiger partial charge in [-0.25, -0.2) is 9.18 Å². The lowest BCUT2D eigenvalue weighted by molar-refractivity contribution is 0.0691. The van der Waals surface area contributed by atoms with Crippen LogP contribution < -0.4 is 0 Å². The minimum Gasteiger partial charge on any atom is -0.477 e. The summed E-state index contributed by atoms with van der Waals surface area (Å²) in [5.74, 6) is -1.86. The maximum Gasteiger partial charge on any atom is 0.352 e. The van der Waals surface area contributed by atoms with Gasteiger partial charge in [0.05, 0.1) is 0 Å². The maximum absolute atomic E-state index is 13.1. The molecule has 0 aliphatic carbocycles. The first-order valence-corrected chi connectivity index (χ1v) is 5.21. The van der Waals surface area contributed by atoms with Crippen molar-refractivity contribution < 1.29 is 19.1 Å². The molecule has 0 aliphatic rings. The number of carboxylic acids is 1. The molecule has 1 aromatic heterocycles. The highest BCUT2D eigenvalue weighted by molar-refractivity contribution is 6.09. The lowest BCUT2D eigenvalue weighted by Gasteiger charge is -2.01. The van der Waals surface area contributed by atoms with Crippen LogP contribution in [0.15, 0.2) is 30.5 Å². The number of aromatic carboxylic acids is 1. The first-order chi connectivity index (χ1) is 8.49.